The highest BCUT2D eigenvalue weighted by molar-refractivity contribution is 6.35. The Morgan fingerprint density at radius 1 is 1.40 bits per heavy atom. The standard InChI is InChI=1S/C11H9ClN2O/c12-7-3-1-4-8-10(7)11(15)14-6-2-5-9(14)13-8/h1,3-4H,2,5-6H2. The summed E-state index contributed by atoms with van der Waals surface area (Å²) < 4.78 is 1.73. The summed E-state index contributed by atoms with van der Waals surface area (Å²) in [6.45, 7) is 0.766. The molecule has 0 radical (unpaired) electrons. The lowest BCUT2D eigenvalue weighted by Crippen LogP contribution is -2.21. The van der Waals surface area contributed by atoms with Crippen LogP contribution >= 0.6 is 11.6 Å². The summed E-state index contributed by atoms with van der Waals surface area (Å²) in [5.74, 6) is 0.884. The maximum Gasteiger partial charge on any atom is 0.262 e. The number of fused-ring (bicyclic) bond motifs is 2. The van der Waals surface area contributed by atoms with Crippen LogP contribution in [0.5, 0.6) is 0 Å². The molecule has 1 aromatic heterocycles. The van der Waals surface area contributed by atoms with Crippen molar-refractivity contribution in [3.8, 4) is 0 Å². The summed E-state index contributed by atoms with van der Waals surface area (Å²) >= 11 is 6.01. The minimum absolute atomic E-state index is 0.00176. The van der Waals surface area contributed by atoms with Gasteiger partial charge in [0.2, 0.25) is 0 Å². The molecule has 0 fully saturated rings. The van der Waals surface area contributed by atoms with Crippen molar-refractivity contribution in [2.75, 3.05) is 0 Å². The number of rotatable bonds is 0. The van der Waals surface area contributed by atoms with Crippen LogP contribution in [-0.2, 0) is 13.0 Å². The molecule has 0 N–H and O–H groups in total. The van der Waals surface area contributed by atoms with Gasteiger partial charge in [-0.25, -0.2) is 4.98 Å². The molecule has 0 atom stereocenters. The lowest BCUT2D eigenvalue weighted by atomic mass is 10.2. The minimum atomic E-state index is -0.00176. The first kappa shape index (κ1) is 8.92. The summed E-state index contributed by atoms with van der Waals surface area (Å²) in [5, 5.41) is 1.04. The number of hydrogen-bond acceptors (Lipinski definition) is 2. The molecule has 0 bridgehead atoms. The summed E-state index contributed by atoms with van der Waals surface area (Å²) in [6.07, 6.45) is 1.88. The molecule has 0 spiro atoms. The van der Waals surface area contributed by atoms with Crippen LogP contribution < -0.4 is 5.56 Å². The Morgan fingerprint density at radius 2 is 2.27 bits per heavy atom. The molecule has 1 aliphatic heterocycles. The highest BCUT2D eigenvalue weighted by Crippen LogP contribution is 2.20. The predicted molar refractivity (Wildman–Crippen MR) is 59.3 cm³/mol. The molecule has 2 heterocycles. The van der Waals surface area contributed by atoms with Crippen molar-refractivity contribution >= 4 is 22.5 Å². The number of hydrogen-bond donors (Lipinski definition) is 0. The van der Waals surface area contributed by atoms with Crippen molar-refractivity contribution in [3.05, 3.63) is 39.4 Å². The highest BCUT2D eigenvalue weighted by Gasteiger charge is 2.16. The molecular weight excluding hydrogens is 212 g/mol. The fourth-order valence-corrected chi connectivity index (χ4v) is 2.34. The smallest absolute Gasteiger partial charge is 0.262 e. The van der Waals surface area contributed by atoms with E-state index in [0.717, 1.165) is 25.2 Å². The molecule has 3 rings (SSSR count). The summed E-state index contributed by atoms with van der Waals surface area (Å²) in [7, 11) is 0. The van der Waals surface area contributed by atoms with Crippen LogP contribution in [0.15, 0.2) is 23.0 Å². The van der Waals surface area contributed by atoms with E-state index in [4.69, 9.17) is 11.6 Å². The Bertz CT molecular complexity index is 603. The van der Waals surface area contributed by atoms with Gasteiger partial charge in [-0.3, -0.25) is 9.36 Å². The molecule has 0 amide bonds. The van der Waals surface area contributed by atoms with Crippen LogP contribution in [0.25, 0.3) is 10.9 Å². The van der Waals surface area contributed by atoms with Crippen molar-refractivity contribution in [2.45, 2.75) is 19.4 Å². The monoisotopic (exact) mass is 220 g/mol. The van der Waals surface area contributed by atoms with E-state index in [1.54, 1.807) is 10.6 Å². The first-order valence-electron chi connectivity index (χ1n) is 4.95. The number of halogens is 1. The van der Waals surface area contributed by atoms with Gasteiger partial charge in [-0.1, -0.05) is 17.7 Å². The Balaban J connectivity index is 2.53. The van der Waals surface area contributed by atoms with Crippen LogP contribution in [0.1, 0.15) is 12.2 Å². The van der Waals surface area contributed by atoms with Crippen molar-refractivity contribution in [3.63, 3.8) is 0 Å². The quantitative estimate of drug-likeness (QED) is 0.681. The topological polar surface area (TPSA) is 34.9 Å². The first-order chi connectivity index (χ1) is 7.27. The highest BCUT2D eigenvalue weighted by atomic mass is 35.5. The third kappa shape index (κ3) is 1.20. The zero-order valence-corrected chi connectivity index (χ0v) is 8.79. The fraction of sp³-hybridized carbons (Fsp3) is 0.273. The normalized spacial score (nSPS) is 14.5. The molecule has 15 heavy (non-hydrogen) atoms. The number of benzene rings is 1. The van der Waals surface area contributed by atoms with Gasteiger partial charge in [0.05, 0.1) is 15.9 Å². The summed E-state index contributed by atoms with van der Waals surface area (Å²) in [5.41, 5.74) is 0.707. The van der Waals surface area contributed by atoms with E-state index < -0.39 is 0 Å². The molecule has 1 aromatic carbocycles. The molecule has 4 heteroatoms. The van der Waals surface area contributed by atoms with Gasteiger partial charge in [0.25, 0.3) is 5.56 Å². The van der Waals surface area contributed by atoms with Crippen LogP contribution in [0, 0.1) is 0 Å². The molecule has 0 saturated heterocycles. The third-order valence-corrected chi connectivity index (χ3v) is 3.11. The van der Waals surface area contributed by atoms with Gasteiger partial charge in [-0.2, -0.15) is 0 Å². The Kier molecular flexibility index (Phi) is 1.83. The van der Waals surface area contributed by atoms with Crippen molar-refractivity contribution in [2.24, 2.45) is 0 Å². The van der Waals surface area contributed by atoms with Crippen LogP contribution in [0.3, 0.4) is 0 Å². The first-order valence-corrected chi connectivity index (χ1v) is 5.33. The SMILES string of the molecule is O=c1c2c(Cl)cccc2nc2n1CCC2. The number of nitrogens with zero attached hydrogens (tertiary/aromatic N) is 2. The predicted octanol–water partition coefficient (Wildman–Crippen LogP) is 2.00. The van der Waals surface area contributed by atoms with Gasteiger partial charge in [0.1, 0.15) is 5.82 Å². The second-order valence-electron chi connectivity index (χ2n) is 3.72. The van der Waals surface area contributed by atoms with E-state index in [1.165, 1.54) is 0 Å². The van der Waals surface area contributed by atoms with Crippen LogP contribution in [0.2, 0.25) is 5.02 Å². The van der Waals surface area contributed by atoms with Gasteiger partial charge in [-0.15, -0.1) is 0 Å². The largest absolute Gasteiger partial charge is 0.296 e. The number of aromatic nitrogens is 2. The zero-order valence-electron chi connectivity index (χ0n) is 8.03. The van der Waals surface area contributed by atoms with E-state index in [2.05, 4.69) is 4.98 Å². The summed E-state index contributed by atoms with van der Waals surface area (Å²) in [6, 6.07) is 5.39. The lowest BCUT2D eigenvalue weighted by molar-refractivity contribution is 0.719. The molecule has 1 aliphatic rings. The van der Waals surface area contributed by atoms with Crippen molar-refractivity contribution in [1.29, 1.82) is 0 Å². The van der Waals surface area contributed by atoms with E-state index >= 15 is 0 Å². The minimum Gasteiger partial charge on any atom is -0.296 e. The zero-order chi connectivity index (χ0) is 10.4. The van der Waals surface area contributed by atoms with Gasteiger partial charge in [-0.05, 0) is 18.6 Å². The molecule has 3 nitrogen and oxygen atoms in total. The van der Waals surface area contributed by atoms with Gasteiger partial charge >= 0.3 is 0 Å². The van der Waals surface area contributed by atoms with Gasteiger partial charge in [0.15, 0.2) is 0 Å². The second kappa shape index (κ2) is 3.07. The van der Waals surface area contributed by atoms with Gasteiger partial charge in [0, 0.05) is 13.0 Å². The third-order valence-electron chi connectivity index (χ3n) is 2.79. The van der Waals surface area contributed by atoms with Crippen molar-refractivity contribution in [1.82, 2.24) is 9.55 Å². The molecule has 0 unspecified atom stereocenters. The number of aryl methyl sites for hydroxylation is 1. The molecular formula is C11H9ClN2O. The molecule has 76 valence electrons. The van der Waals surface area contributed by atoms with Gasteiger partial charge < -0.3 is 0 Å². The fourth-order valence-electron chi connectivity index (χ4n) is 2.09. The van der Waals surface area contributed by atoms with Crippen LogP contribution in [0.4, 0.5) is 0 Å². The van der Waals surface area contributed by atoms with Crippen molar-refractivity contribution < 1.29 is 0 Å². The maximum atomic E-state index is 12.1. The molecule has 2 aromatic rings. The average molecular weight is 221 g/mol. The van der Waals surface area contributed by atoms with E-state index in [1.807, 2.05) is 12.1 Å². The van der Waals surface area contributed by atoms with E-state index in [-0.39, 0.29) is 5.56 Å². The average Bonchev–Trinajstić information content (AvgIpc) is 2.66. The van der Waals surface area contributed by atoms with Crippen LogP contribution in [-0.4, -0.2) is 9.55 Å². The Morgan fingerprint density at radius 3 is 3.13 bits per heavy atom. The van der Waals surface area contributed by atoms with E-state index in [0.29, 0.717) is 15.9 Å². The Hall–Kier alpha value is -1.35. The molecule has 0 saturated carbocycles. The molecule has 0 aliphatic carbocycles. The summed E-state index contributed by atoms with van der Waals surface area (Å²) in [4.78, 5) is 16.5. The lowest BCUT2D eigenvalue weighted by Gasteiger charge is -2.05. The second-order valence-corrected chi connectivity index (χ2v) is 4.13. The van der Waals surface area contributed by atoms with E-state index in [9.17, 15) is 4.79 Å². The maximum absolute atomic E-state index is 12.1. The Labute approximate surface area is 91.3 Å².